The summed E-state index contributed by atoms with van der Waals surface area (Å²) in [6, 6.07) is 5.28. The maximum Gasteiger partial charge on any atom is 0.535 e. The molecule has 0 radical (unpaired) electrons. The monoisotopic (exact) mass is 257 g/mol. The van der Waals surface area contributed by atoms with Gasteiger partial charge in [-0.05, 0) is 37.0 Å². The van der Waals surface area contributed by atoms with Crippen molar-refractivity contribution in [2.24, 2.45) is 11.7 Å². The third-order valence-electron chi connectivity index (χ3n) is 2.54. The smallest absolute Gasteiger partial charge is 0.409 e. The van der Waals surface area contributed by atoms with Gasteiger partial charge in [0, 0.05) is 5.56 Å². The van der Waals surface area contributed by atoms with Crippen LogP contribution in [-0.4, -0.2) is 18.8 Å². The number of amides is 1. The van der Waals surface area contributed by atoms with Gasteiger partial charge in [-0.2, -0.15) is 0 Å². The minimum absolute atomic E-state index is 0.0253. The summed E-state index contributed by atoms with van der Waals surface area (Å²) in [7, 11) is 0. The van der Waals surface area contributed by atoms with Gasteiger partial charge < -0.3 is 10.5 Å². The first-order valence-electron chi connectivity index (χ1n) is 5.57. The SMILES string of the molecule is NC(=O)c1cccc(OC(F)(F)OCC2CC2)c1. The summed E-state index contributed by atoms with van der Waals surface area (Å²) in [4.78, 5) is 10.9. The molecule has 1 aliphatic rings. The van der Waals surface area contributed by atoms with Gasteiger partial charge in [-0.15, -0.1) is 8.78 Å². The van der Waals surface area contributed by atoms with E-state index in [2.05, 4.69) is 9.47 Å². The van der Waals surface area contributed by atoms with E-state index in [1.165, 1.54) is 18.2 Å². The van der Waals surface area contributed by atoms with E-state index in [0.717, 1.165) is 18.9 Å². The predicted molar refractivity (Wildman–Crippen MR) is 59.2 cm³/mol. The summed E-state index contributed by atoms with van der Waals surface area (Å²) in [5.74, 6) is -0.661. The number of benzene rings is 1. The summed E-state index contributed by atoms with van der Waals surface area (Å²) in [6.45, 7) is -0.0253. The third-order valence-corrected chi connectivity index (χ3v) is 2.54. The second-order valence-electron chi connectivity index (χ2n) is 4.21. The second-order valence-corrected chi connectivity index (χ2v) is 4.21. The lowest BCUT2D eigenvalue weighted by Gasteiger charge is -2.17. The van der Waals surface area contributed by atoms with Crippen LogP contribution in [0.25, 0.3) is 0 Å². The number of rotatable bonds is 6. The van der Waals surface area contributed by atoms with Crippen molar-refractivity contribution >= 4 is 5.91 Å². The van der Waals surface area contributed by atoms with E-state index in [-0.39, 0.29) is 23.8 Å². The Morgan fingerprint density at radius 2 is 2.17 bits per heavy atom. The number of hydrogen-bond acceptors (Lipinski definition) is 3. The molecule has 98 valence electrons. The molecule has 2 N–H and O–H groups in total. The summed E-state index contributed by atoms with van der Waals surface area (Å²) in [5, 5.41) is 0. The lowest BCUT2D eigenvalue weighted by Crippen LogP contribution is -2.29. The van der Waals surface area contributed by atoms with Crippen LogP contribution in [0.5, 0.6) is 5.75 Å². The normalized spacial score (nSPS) is 15.4. The number of primary amides is 1. The van der Waals surface area contributed by atoms with Crippen LogP contribution in [-0.2, 0) is 4.74 Å². The zero-order chi connectivity index (χ0) is 13.2. The molecule has 1 amide bonds. The van der Waals surface area contributed by atoms with Gasteiger partial charge in [0.25, 0.3) is 0 Å². The van der Waals surface area contributed by atoms with Gasteiger partial charge >= 0.3 is 6.29 Å². The van der Waals surface area contributed by atoms with Crippen LogP contribution in [0, 0.1) is 5.92 Å². The molecule has 0 bridgehead atoms. The van der Waals surface area contributed by atoms with Gasteiger partial charge in [0.15, 0.2) is 0 Å². The molecule has 4 nitrogen and oxygen atoms in total. The molecular formula is C12H13F2NO3. The van der Waals surface area contributed by atoms with E-state index in [1.54, 1.807) is 0 Å². The van der Waals surface area contributed by atoms with Crippen molar-refractivity contribution in [3.05, 3.63) is 29.8 Å². The van der Waals surface area contributed by atoms with Crippen molar-refractivity contribution in [1.82, 2.24) is 0 Å². The average Bonchev–Trinajstić information content (AvgIpc) is 3.10. The molecule has 2 rings (SSSR count). The Balaban J connectivity index is 1.97. The summed E-state index contributed by atoms with van der Waals surface area (Å²) < 4.78 is 35.3. The number of nitrogens with two attached hydrogens (primary N) is 1. The quantitative estimate of drug-likeness (QED) is 0.794. The molecule has 18 heavy (non-hydrogen) atoms. The molecule has 0 unspecified atom stereocenters. The number of hydrogen-bond donors (Lipinski definition) is 1. The molecule has 1 aliphatic carbocycles. The minimum Gasteiger partial charge on any atom is -0.409 e. The summed E-state index contributed by atoms with van der Waals surface area (Å²) in [5.41, 5.74) is 5.14. The molecule has 0 aliphatic heterocycles. The summed E-state index contributed by atoms with van der Waals surface area (Å²) >= 11 is 0. The van der Waals surface area contributed by atoms with E-state index in [1.807, 2.05) is 0 Å². The van der Waals surface area contributed by atoms with Crippen molar-refractivity contribution in [1.29, 1.82) is 0 Å². The van der Waals surface area contributed by atoms with Crippen LogP contribution >= 0.6 is 0 Å². The molecule has 0 spiro atoms. The molecule has 0 heterocycles. The fourth-order valence-electron chi connectivity index (χ4n) is 1.38. The Bertz CT molecular complexity index is 447. The number of ether oxygens (including phenoxy) is 2. The number of halogens is 2. The van der Waals surface area contributed by atoms with Crippen LogP contribution in [0.1, 0.15) is 23.2 Å². The van der Waals surface area contributed by atoms with Crippen LogP contribution in [0.3, 0.4) is 0 Å². The standard InChI is InChI=1S/C12H13F2NO3/c13-12(14,17-7-8-4-5-8)18-10-3-1-2-9(6-10)11(15)16/h1-3,6,8H,4-5,7H2,(H2,15,16). The molecule has 0 aromatic heterocycles. The van der Waals surface area contributed by atoms with Crippen LogP contribution < -0.4 is 10.5 Å². The zero-order valence-corrected chi connectivity index (χ0v) is 9.57. The van der Waals surface area contributed by atoms with E-state index in [4.69, 9.17) is 5.73 Å². The molecular weight excluding hydrogens is 244 g/mol. The molecule has 6 heteroatoms. The van der Waals surface area contributed by atoms with Crippen molar-refractivity contribution < 1.29 is 23.0 Å². The predicted octanol–water partition coefficient (Wildman–Crippen LogP) is 2.14. The van der Waals surface area contributed by atoms with Gasteiger partial charge in [0.05, 0.1) is 6.61 Å². The molecule has 1 saturated carbocycles. The Labute approximate surface area is 103 Å². The first kappa shape index (κ1) is 12.8. The largest absolute Gasteiger partial charge is 0.535 e. The molecule has 0 saturated heterocycles. The minimum atomic E-state index is -3.70. The van der Waals surface area contributed by atoms with Crippen LogP contribution in [0.15, 0.2) is 24.3 Å². The van der Waals surface area contributed by atoms with Crippen LogP contribution in [0.4, 0.5) is 8.78 Å². The number of alkyl halides is 2. The Hall–Kier alpha value is -1.69. The van der Waals surface area contributed by atoms with Gasteiger partial charge in [-0.3, -0.25) is 9.53 Å². The highest BCUT2D eigenvalue weighted by Crippen LogP contribution is 2.32. The fourth-order valence-corrected chi connectivity index (χ4v) is 1.38. The van der Waals surface area contributed by atoms with Crippen molar-refractivity contribution in [3.63, 3.8) is 0 Å². The van der Waals surface area contributed by atoms with Crippen LogP contribution in [0.2, 0.25) is 0 Å². The molecule has 0 atom stereocenters. The zero-order valence-electron chi connectivity index (χ0n) is 9.57. The van der Waals surface area contributed by atoms with Gasteiger partial charge in [-0.25, -0.2) is 0 Å². The highest BCUT2D eigenvalue weighted by molar-refractivity contribution is 5.93. The first-order valence-corrected chi connectivity index (χ1v) is 5.57. The second kappa shape index (κ2) is 4.89. The topological polar surface area (TPSA) is 61.6 Å². The molecule has 1 aromatic rings. The van der Waals surface area contributed by atoms with E-state index in [9.17, 15) is 13.6 Å². The maximum absolute atomic E-state index is 13.3. The number of carbonyl (C=O) groups excluding carboxylic acids is 1. The van der Waals surface area contributed by atoms with E-state index < -0.39 is 12.2 Å². The Morgan fingerprint density at radius 3 is 2.78 bits per heavy atom. The van der Waals surface area contributed by atoms with E-state index >= 15 is 0 Å². The highest BCUT2D eigenvalue weighted by atomic mass is 19.3. The maximum atomic E-state index is 13.3. The molecule has 1 fully saturated rings. The van der Waals surface area contributed by atoms with Crippen molar-refractivity contribution in [2.45, 2.75) is 19.1 Å². The van der Waals surface area contributed by atoms with Crippen molar-refractivity contribution in [2.75, 3.05) is 6.61 Å². The van der Waals surface area contributed by atoms with Gasteiger partial charge in [0.1, 0.15) is 5.75 Å². The summed E-state index contributed by atoms with van der Waals surface area (Å²) in [6.07, 6.45) is -1.88. The van der Waals surface area contributed by atoms with E-state index in [0.29, 0.717) is 0 Å². The van der Waals surface area contributed by atoms with Gasteiger partial charge in [0.2, 0.25) is 5.91 Å². The lowest BCUT2D eigenvalue weighted by atomic mass is 10.2. The highest BCUT2D eigenvalue weighted by Gasteiger charge is 2.36. The fraction of sp³-hybridized carbons (Fsp3) is 0.417. The van der Waals surface area contributed by atoms with Crippen molar-refractivity contribution in [3.8, 4) is 5.75 Å². The lowest BCUT2D eigenvalue weighted by molar-refractivity contribution is -0.354. The Kier molecular flexibility index (Phi) is 3.47. The third kappa shape index (κ3) is 3.66. The Morgan fingerprint density at radius 1 is 1.44 bits per heavy atom. The first-order chi connectivity index (χ1) is 8.46. The average molecular weight is 257 g/mol. The number of carbonyl (C=O) groups is 1. The molecule has 1 aromatic carbocycles. The van der Waals surface area contributed by atoms with Gasteiger partial charge in [-0.1, -0.05) is 6.07 Å².